The van der Waals surface area contributed by atoms with Crippen LogP contribution in [0.4, 0.5) is 8.78 Å². The van der Waals surface area contributed by atoms with E-state index in [4.69, 9.17) is 4.74 Å². The van der Waals surface area contributed by atoms with Crippen LogP contribution in [0.15, 0.2) is 48.5 Å². The zero-order valence-corrected chi connectivity index (χ0v) is 13.5. The lowest BCUT2D eigenvalue weighted by Gasteiger charge is -2.16. The van der Waals surface area contributed by atoms with Crippen molar-refractivity contribution in [3.63, 3.8) is 0 Å². The second-order valence-corrected chi connectivity index (χ2v) is 5.28. The average Bonchev–Trinajstić information content (AvgIpc) is 2.55. The maximum absolute atomic E-state index is 12.3. The molecule has 0 aliphatic heterocycles. The van der Waals surface area contributed by atoms with Crippen molar-refractivity contribution in [1.82, 2.24) is 5.32 Å². The van der Waals surface area contributed by atoms with Gasteiger partial charge in [-0.2, -0.15) is 8.78 Å². The largest absolute Gasteiger partial charge is 0.435 e. The molecule has 0 aromatic heterocycles. The molecule has 0 spiro atoms. The van der Waals surface area contributed by atoms with Gasteiger partial charge in [0.1, 0.15) is 5.75 Å². The van der Waals surface area contributed by atoms with Gasteiger partial charge in [-0.05, 0) is 42.3 Å². The Morgan fingerprint density at radius 1 is 1.17 bits per heavy atom. The fraction of sp³-hybridized carbons (Fsp3) is 0.278. The summed E-state index contributed by atoms with van der Waals surface area (Å²) in [6.45, 7) is -0.621. The van der Waals surface area contributed by atoms with Crippen LogP contribution in [0.3, 0.4) is 0 Å². The highest BCUT2D eigenvalue weighted by atomic mass is 19.3. The Labute approximate surface area is 139 Å². The van der Waals surface area contributed by atoms with Crippen molar-refractivity contribution in [1.29, 1.82) is 0 Å². The van der Waals surface area contributed by atoms with E-state index in [0.29, 0.717) is 17.7 Å². The number of alkyl halides is 2. The van der Waals surface area contributed by atoms with Gasteiger partial charge < -0.3 is 14.8 Å². The fourth-order valence-electron chi connectivity index (χ4n) is 2.24. The zero-order chi connectivity index (χ0) is 17.5. The quantitative estimate of drug-likeness (QED) is 0.834. The molecule has 1 amide bonds. The number of amides is 1. The van der Waals surface area contributed by atoms with E-state index in [1.165, 1.54) is 12.1 Å². The molecule has 0 heterocycles. The number of hydrogen-bond acceptors (Lipinski definition) is 3. The third-order valence-corrected chi connectivity index (χ3v) is 3.46. The third-order valence-electron chi connectivity index (χ3n) is 3.46. The lowest BCUT2D eigenvalue weighted by Crippen LogP contribution is -2.26. The molecule has 1 N–H and O–H groups in total. The summed E-state index contributed by atoms with van der Waals surface area (Å²) in [7, 11) is 1.61. The number of carbonyl (C=O) groups is 1. The molecule has 0 aliphatic rings. The van der Waals surface area contributed by atoms with Crippen molar-refractivity contribution in [3.8, 4) is 5.75 Å². The summed E-state index contributed by atoms with van der Waals surface area (Å²) in [5, 5.41) is 2.83. The Morgan fingerprint density at radius 2 is 1.88 bits per heavy atom. The molecule has 0 radical (unpaired) electrons. The fourth-order valence-corrected chi connectivity index (χ4v) is 2.24. The van der Waals surface area contributed by atoms with E-state index in [0.717, 1.165) is 5.56 Å². The number of benzene rings is 2. The van der Waals surface area contributed by atoms with Crippen LogP contribution in [0.5, 0.6) is 5.75 Å². The van der Waals surface area contributed by atoms with Crippen LogP contribution < -0.4 is 10.1 Å². The number of hydrogen-bond donors (Lipinski definition) is 1. The minimum absolute atomic E-state index is 0.0625. The lowest BCUT2D eigenvalue weighted by molar-refractivity contribution is -0.0499. The number of nitrogens with one attached hydrogen (secondary N) is 1. The summed E-state index contributed by atoms with van der Waals surface area (Å²) < 4.78 is 33.9. The van der Waals surface area contributed by atoms with Crippen LogP contribution in [0.25, 0.3) is 0 Å². The van der Waals surface area contributed by atoms with E-state index in [1.807, 2.05) is 12.1 Å². The van der Waals surface area contributed by atoms with Crippen molar-refractivity contribution in [2.24, 2.45) is 0 Å². The monoisotopic (exact) mass is 335 g/mol. The Morgan fingerprint density at radius 3 is 2.50 bits per heavy atom. The van der Waals surface area contributed by atoms with E-state index in [1.54, 1.807) is 38.3 Å². The average molecular weight is 335 g/mol. The van der Waals surface area contributed by atoms with Gasteiger partial charge in [-0.15, -0.1) is 0 Å². The first-order valence-electron chi connectivity index (χ1n) is 7.43. The minimum Gasteiger partial charge on any atom is -0.435 e. The summed E-state index contributed by atoms with van der Waals surface area (Å²) in [5.41, 5.74) is 2.16. The van der Waals surface area contributed by atoms with Gasteiger partial charge in [0.15, 0.2) is 0 Å². The van der Waals surface area contributed by atoms with Crippen molar-refractivity contribution < 1.29 is 23.0 Å². The number of halogens is 2. The summed E-state index contributed by atoms with van der Waals surface area (Å²) in [6, 6.07) is 13.0. The Balaban J connectivity index is 2.03. The molecule has 0 bridgehead atoms. The summed E-state index contributed by atoms with van der Waals surface area (Å²) in [5.74, 6) is -0.181. The molecular formula is C18H19F2NO3. The Kier molecular flexibility index (Phi) is 6.26. The normalized spacial score (nSPS) is 12.0. The van der Waals surface area contributed by atoms with Gasteiger partial charge in [0.2, 0.25) is 0 Å². The molecule has 1 atom stereocenters. The molecule has 128 valence electrons. The first kappa shape index (κ1) is 17.9. The van der Waals surface area contributed by atoms with Gasteiger partial charge in [0, 0.05) is 12.7 Å². The van der Waals surface area contributed by atoms with Crippen molar-refractivity contribution >= 4 is 5.91 Å². The molecule has 2 rings (SSSR count). The highest BCUT2D eigenvalue weighted by molar-refractivity contribution is 5.94. The Hall–Kier alpha value is -2.47. The molecule has 24 heavy (non-hydrogen) atoms. The van der Waals surface area contributed by atoms with Gasteiger partial charge in [-0.25, -0.2) is 0 Å². The highest BCUT2D eigenvalue weighted by Gasteiger charge is 2.13. The van der Waals surface area contributed by atoms with E-state index >= 15 is 0 Å². The Bertz CT molecular complexity index is 674. The summed E-state index contributed by atoms with van der Waals surface area (Å²) >= 11 is 0. The van der Waals surface area contributed by atoms with Gasteiger partial charge in [0.25, 0.3) is 5.91 Å². The van der Waals surface area contributed by atoms with Crippen molar-refractivity contribution in [2.75, 3.05) is 7.11 Å². The number of methoxy groups -OCH3 is 1. The molecule has 2 aromatic carbocycles. The van der Waals surface area contributed by atoms with Crippen LogP contribution in [0.1, 0.15) is 34.5 Å². The van der Waals surface area contributed by atoms with Gasteiger partial charge >= 0.3 is 6.61 Å². The summed E-state index contributed by atoms with van der Waals surface area (Å²) in [6.07, 6.45) is 0. The maximum Gasteiger partial charge on any atom is 0.387 e. The van der Waals surface area contributed by atoms with Crippen LogP contribution >= 0.6 is 0 Å². The van der Waals surface area contributed by atoms with Crippen molar-refractivity contribution in [2.45, 2.75) is 26.2 Å². The predicted molar refractivity (Wildman–Crippen MR) is 86.1 cm³/mol. The zero-order valence-electron chi connectivity index (χ0n) is 13.5. The van der Waals surface area contributed by atoms with Crippen LogP contribution in [-0.4, -0.2) is 19.6 Å². The first-order valence-corrected chi connectivity index (χ1v) is 7.43. The number of ether oxygens (including phenoxy) is 2. The molecule has 0 saturated carbocycles. The van der Waals surface area contributed by atoms with Crippen LogP contribution in [0.2, 0.25) is 0 Å². The third kappa shape index (κ3) is 5.03. The van der Waals surface area contributed by atoms with Crippen LogP contribution in [-0.2, 0) is 11.3 Å². The lowest BCUT2D eigenvalue weighted by atomic mass is 10.1. The second kappa shape index (κ2) is 8.40. The predicted octanol–water partition coefficient (Wildman–Crippen LogP) is 3.93. The van der Waals surface area contributed by atoms with Gasteiger partial charge in [0.05, 0.1) is 12.6 Å². The van der Waals surface area contributed by atoms with E-state index in [9.17, 15) is 13.6 Å². The SMILES string of the molecule is COCc1ccc(C(=O)NC(C)c2cccc(OC(F)F)c2)cc1. The minimum atomic E-state index is -2.88. The van der Waals surface area contributed by atoms with E-state index < -0.39 is 6.61 Å². The standard InChI is InChI=1S/C18H19F2NO3/c1-12(15-4-3-5-16(10-15)24-18(19)20)21-17(22)14-8-6-13(7-9-14)11-23-2/h3-10,12,18H,11H2,1-2H3,(H,21,22). The molecule has 2 aromatic rings. The smallest absolute Gasteiger partial charge is 0.387 e. The van der Waals surface area contributed by atoms with Gasteiger partial charge in [-0.3, -0.25) is 4.79 Å². The van der Waals surface area contributed by atoms with Crippen molar-refractivity contribution in [3.05, 3.63) is 65.2 Å². The van der Waals surface area contributed by atoms with Crippen LogP contribution in [0, 0.1) is 0 Å². The molecule has 4 nitrogen and oxygen atoms in total. The molecule has 0 saturated heterocycles. The maximum atomic E-state index is 12.3. The highest BCUT2D eigenvalue weighted by Crippen LogP contribution is 2.21. The second-order valence-electron chi connectivity index (χ2n) is 5.28. The summed E-state index contributed by atoms with van der Waals surface area (Å²) in [4.78, 5) is 12.3. The first-order chi connectivity index (χ1) is 11.5. The van der Waals surface area contributed by atoms with E-state index in [2.05, 4.69) is 10.1 Å². The van der Waals surface area contributed by atoms with E-state index in [-0.39, 0.29) is 17.7 Å². The molecular weight excluding hydrogens is 316 g/mol. The topological polar surface area (TPSA) is 47.6 Å². The molecule has 0 aliphatic carbocycles. The molecule has 0 fully saturated rings. The molecule has 1 unspecified atom stereocenters. The number of carbonyl (C=O) groups excluding carboxylic acids is 1. The van der Waals surface area contributed by atoms with Gasteiger partial charge in [-0.1, -0.05) is 24.3 Å². The molecule has 6 heteroatoms. The number of rotatable bonds is 7.